The molecule has 2 rings (SSSR count). The normalized spacial score (nSPS) is 22.9. The SMILES string of the molecule is CCCC1CC1Nc1nc(OC)ncc1Cl. The Kier molecular flexibility index (Phi) is 3.49. The van der Waals surface area contributed by atoms with Crippen LogP contribution in [0.15, 0.2) is 6.20 Å². The summed E-state index contributed by atoms with van der Waals surface area (Å²) in [6.45, 7) is 2.20. The lowest BCUT2D eigenvalue weighted by molar-refractivity contribution is 0.380. The number of nitrogens with zero attached hydrogens (tertiary/aromatic N) is 2. The van der Waals surface area contributed by atoms with Crippen LogP contribution in [0.5, 0.6) is 6.01 Å². The molecular weight excluding hydrogens is 226 g/mol. The number of ether oxygens (including phenoxy) is 1. The first-order valence-corrected chi connectivity index (χ1v) is 5.95. The summed E-state index contributed by atoms with van der Waals surface area (Å²) >= 11 is 6.01. The van der Waals surface area contributed by atoms with Crippen LogP contribution >= 0.6 is 11.6 Å². The van der Waals surface area contributed by atoms with E-state index in [0.717, 1.165) is 5.92 Å². The summed E-state index contributed by atoms with van der Waals surface area (Å²) in [6.07, 6.45) is 5.25. The van der Waals surface area contributed by atoms with Crippen LogP contribution in [0.25, 0.3) is 0 Å². The first-order chi connectivity index (χ1) is 7.74. The maximum absolute atomic E-state index is 6.01. The van der Waals surface area contributed by atoms with Gasteiger partial charge >= 0.3 is 6.01 Å². The van der Waals surface area contributed by atoms with Gasteiger partial charge in [0.15, 0.2) is 5.82 Å². The van der Waals surface area contributed by atoms with Crippen molar-refractivity contribution in [3.8, 4) is 6.01 Å². The van der Waals surface area contributed by atoms with E-state index in [-0.39, 0.29) is 0 Å². The molecule has 0 bridgehead atoms. The van der Waals surface area contributed by atoms with Gasteiger partial charge in [0.25, 0.3) is 0 Å². The molecule has 1 aliphatic rings. The van der Waals surface area contributed by atoms with Crippen molar-refractivity contribution in [3.05, 3.63) is 11.2 Å². The van der Waals surface area contributed by atoms with E-state index in [9.17, 15) is 0 Å². The van der Waals surface area contributed by atoms with Crippen molar-refractivity contribution in [1.82, 2.24) is 9.97 Å². The lowest BCUT2D eigenvalue weighted by Crippen LogP contribution is -2.08. The number of hydrogen-bond donors (Lipinski definition) is 1. The van der Waals surface area contributed by atoms with Gasteiger partial charge in [-0.2, -0.15) is 4.98 Å². The van der Waals surface area contributed by atoms with Gasteiger partial charge in [0.1, 0.15) is 5.02 Å². The van der Waals surface area contributed by atoms with Gasteiger partial charge < -0.3 is 10.1 Å². The highest BCUT2D eigenvalue weighted by molar-refractivity contribution is 6.32. The van der Waals surface area contributed by atoms with Gasteiger partial charge in [-0.1, -0.05) is 24.9 Å². The largest absolute Gasteiger partial charge is 0.467 e. The fraction of sp³-hybridized carbons (Fsp3) is 0.636. The Balaban J connectivity index is 1.99. The summed E-state index contributed by atoms with van der Waals surface area (Å²) < 4.78 is 4.97. The average molecular weight is 242 g/mol. The highest BCUT2D eigenvalue weighted by atomic mass is 35.5. The van der Waals surface area contributed by atoms with E-state index in [4.69, 9.17) is 16.3 Å². The Morgan fingerprint density at radius 1 is 1.62 bits per heavy atom. The Hall–Kier alpha value is -1.03. The van der Waals surface area contributed by atoms with Crippen molar-refractivity contribution in [2.24, 2.45) is 5.92 Å². The second-order valence-corrected chi connectivity index (χ2v) is 4.50. The number of anilines is 1. The number of halogens is 1. The van der Waals surface area contributed by atoms with Gasteiger partial charge in [0, 0.05) is 6.04 Å². The van der Waals surface area contributed by atoms with E-state index in [2.05, 4.69) is 22.2 Å². The van der Waals surface area contributed by atoms with E-state index >= 15 is 0 Å². The summed E-state index contributed by atoms with van der Waals surface area (Å²) in [6, 6.07) is 0.858. The third-order valence-corrected chi connectivity index (χ3v) is 3.09. The van der Waals surface area contributed by atoms with Gasteiger partial charge in [0.05, 0.1) is 13.3 Å². The van der Waals surface area contributed by atoms with Crippen LogP contribution < -0.4 is 10.1 Å². The number of methoxy groups -OCH3 is 1. The van der Waals surface area contributed by atoms with Crippen molar-refractivity contribution >= 4 is 17.4 Å². The third-order valence-electron chi connectivity index (χ3n) is 2.81. The maximum Gasteiger partial charge on any atom is 0.318 e. The molecule has 0 aliphatic heterocycles. The molecule has 1 saturated carbocycles. The van der Waals surface area contributed by atoms with Gasteiger partial charge in [-0.15, -0.1) is 0 Å². The molecule has 2 atom stereocenters. The highest BCUT2D eigenvalue weighted by Gasteiger charge is 2.36. The molecule has 0 radical (unpaired) electrons. The fourth-order valence-electron chi connectivity index (χ4n) is 1.84. The van der Waals surface area contributed by atoms with Gasteiger partial charge in [-0.05, 0) is 18.8 Å². The van der Waals surface area contributed by atoms with Crippen LogP contribution in [0.3, 0.4) is 0 Å². The number of hydrogen-bond acceptors (Lipinski definition) is 4. The Morgan fingerprint density at radius 3 is 3.12 bits per heavy atom. The minimum Gasteiger partial charge on any atom is -0.467 e. The van der Waals surface area contributed by atoms with Crippen LogP contribution in [0.1, 0.15) is 26.2 Å². The number of aromatic nitrogens is 2. The molecule has 1 aliphatic carbocycles. The van der Waals surface area contributed by atoms with Crippen LogP contribution in [-0.4, -0.2) is 23.1 Å². The van der Waals surface area contributed by atoms with Crippen LogP contribution in [0.4, 0.5) is 5.82 Å². The molecule has 16 heavy (non-hydrogen) atoms. The van der Waals surface area contributed by atoms with Crippen molar-refractivity contribution in [1.29, 1.82) is 0 Å². The molecule has 4 nitrogen and oxygen atoms in total. The van der Waals surface area contributed by atoms with Crippen molar-refractivity contribution in [3.63, 3.8) is 0 Å². The Morgan fingerprint density at radius 2 is 2.44 bits per heavy atom. The fourth-order valence-corrected chi connectivity index (χ4v) is 1.99. The lowest BCUT2D eigenvalue weighted by Gasteiger charge is -2.07. The standard InChI is InChI=1S/C11H16ClN3O/c1-3-4-7-5-9(7)14-10-8(12)6-13-11(15-10)16-2/h6-7,9H,3-5H2,1-2H3,(H,13,14,15). The zero-order valence-electron chi connectivity index (χ0n) is 9.53. The second-order valence-electron chi connectivity index (χ2n) is 4.09. The molecule has 0 saturated heterocycles. The van der Waals surface area contributed by atoms with Crippen LogP contribution in [0, 0.1) is 5.92 Å². The summed E-state index contributed by atoms with van der Waals surface area (Å²) in [5.74, 6) is 1.44. The topological polar surface area (TPSA) is 47.0 Å². The van der Waals surface area contributed by atoms with Gasteiger partial charge in [0.2, 0.25) is 0 Å². The highest BCUT2D eigenvalue weighted by Crippen LogP contribution is 2.38. The predicted molar refractivity (Wildman–Crippen MR) is 64.0 cm³/mol. The molecule has 1 fully saturated rings. The number of rotatable bonds is 5. The Bertz CT molecular complexity index is 372. The maximum atomic E-state index is 6.01. The zero-order chi connectivity index (χ0) is 11.5. The van der Waals surface area contributed by atoms with Crippen molar-refractivity contribution in [2.45, 2.75) is 32.2 Å². The third kappa shape index (κ3) is 2.55. The molecule has 1 heterocycles. The molecule has 2 unspecified atom stereocenters. The van der Waals surface area contributed by atoms with E-state index in [1.165, 1.54) is 19.3 Å². The molecule has 0 amide bonds. The van der Waals surface area contributed by atoms with E-state index in [0.29, 0.717) is 22.9 Å². The van der Waals surface area contributed by atoms with Gasteiger partial charge in [-0.3, -0.25) is 0 Å². The smallest absolute Gasteiger partial charge is 0.318 e. The number of nitrogens with one attached hydrogen (secondary N) is 1. The summed E-state index contributed by atoms with van der Waals surface area (Å²) in [4.78, 5) is 8.12. The van der Waals surface area contributed by atoms with E-state index in [1.54, 1.807) is 13.3 Å². The molecule has 88 valence electrons. The quantitative estimate of drug-likeness (QED) is 0.861. The first-order valence-electron chi connectivity index (χ1n) is 5.57. The molecule has 1 N–H and O–H groups in total. The minimum absolute atomic E-state index is 0.347. The second kappa shape index (κ2) is 4.87. The molecule has 1 aromatic rings. The Labute approximate surface area is 100 Å². The minimum atomic E-state index is 0.347. The first kappa shape index (κ1) is 11.5. The van der Waals surface area contributed by atoms with Crippen LogP contribution in [0.2, 0.25) is 5.02 Å². The molecule has 1 aromatic heterocycles. The van der Waals surface area contributed by atoms with E-state index < -0.39 is 0 Å². The van der Waals surface area contributed by atoms with Crippen molar-refractivity contribution < 1.29 is 4.74 Å². The predicted octanol–water partition coefficient (Wildman–Crippen LogP) is 2.74. The summed E-state index contributed by atoms with van der Waals surface area (Å²) in [5.41, 5.74) is 0. The average Bonchev–Trinajstić information content (AvgIpc) is 3.00. The summed E-state index contributed by atoms with van der Waals surface area (Å²) in [7, 11) is 1.55. The zero-order valence-corrected chi connectivity index (χ0v) is 10.3. The monoisotopic (exact) mass is 241 g/mol. The molecular formula is C11H16ClN3O. The molecule has 5 heteroatoms. The molecule has 0 aromatic carbocycles. The summed E-state index contributed by atoms with van der Waals surface area (Å²) in [5, 5.41) is 3.88. The van der Waals surface area contributed by atoms with Crippen LogP contribution in [-0.2, 0) is 0 Å². The van der Waals surface area contributed by atoms with E-state index in [1.807, 2.05) is 0 Å². The lowest BCUT2D eigenvalue weighted by atomic mass is 10.2. The van der Waals surface area contributed by atoms with Gasteiger partial charge in [-0.25, -0.2) is 4.98 Å². The van der Waals surface area contributed by atoms with Crippen molar-refractivity contribution in [2.75, 3.05) is 12.4 Å². The molecule has 0 spiro atoms.